The van der Waals surface area contributed by atoms with Crippen molar-refractivity contribution in [2.24, 2.45) is 34.5 Å². The van der Waals surface area contributed by atoms with E-state index in [0.29, 0.717) is 42.7 Å². The molecule has 2 saturated carbocycles. The van der Waals surface area contributed by atoms with Crippen molar-refractivity contribution in [1.82, 2.24) is 0 Å². The van der Waals surface area contributed by atoms with Crippen LogP contribution in [0, 0.1) is 68.8 Å². The average molecular weight is 1020 g/mol. The second-order valence-corrected chi connectivity index (χ2v) is 19.5. The van der Waals surface area contributed by atoms with Crippen LogP contribution in [0.3, 0.4) is 0 Å². The van der Waals surface area contributed by atoms with E-state index in [1.165, 1.54) is 36.4 Å². The Labute approximate surface area is 425 Å². The molecule has 2 aliphatic rings. The van der Waals surface area contributed by atoms with Gasteiger partial charge in [0.05, 0.1) is 11.8 Å². The fraction of sp³-hybridized carbons (Fsp3) is 0.214. The molecule has 0 spiro atoms. The Bertz CT molecular complexity index is 2800. The van der Waals surface area contributed by atoms with Crippen LogP contribution in [0.25, 0.3) is 10.1 Å². The quantitative estimate of drug-likeness (QED) is 0.0990. The van der Waals surface area contributed by atoms with Crippen LogP contribution in [0.15, 0.2) is 158 Å². The van der Waals surface area contributed by atoms with Gasteiger partial charge in [-0.1, -0.05) is 159 Å². The Kier molecular flexibility index (Phi) is 16.1. The predicted molar refractivity (Wildman–Crippen MR) is 267 cm³/mol. The summed E-state index contributed by atoms with van der Waals surface area (Å²) in [5, 5.41) is 21.6. The molecule has 6 aromatic carbocycles. The SMILES string of the molecule is CC1(C)C(/C=C(\Cl)c2ccc(Cl)cc2)C1C(=O)OC(C#N)c1ccc(F)c(Oc2ccccc2)c1.CC1(C)C(/C=C(\Cl)c2ccc(Cl)cc2)C1C(=O)OC(C#N)c1ccc(F)c(Oc2ccccc2)c1. The normalized spacial score (nSPS) is 19.4. The van der Waals surface area contributed by atoms with Gasteiger partial charge in [0.1, 0.15) is 23.6 Å². The highest BCUT2D eigenvalue weighted by atomic mass is 35.5. The van der Waals surface area contributed by atoms with Gasteiger partial charge >= 0.3 is 11.9 Å². The summed E-state index contributed by atoms with van der Waals surface area (Å²) in [4.78, 5) is 26.0. The van der Waals surface area contributed by atoms with Gasteiger partial charge in [0.25, 0.3) is 0 Å². The van der Waals surface area contributed by atoms with Gasteiger partial charge in [-0.3, -0.25) is 9.59 Å². The Hall–Kier alpha value is -6.66. The molecule has 14 heteroatoms. The molecule has 8 nitrogen and oxygen atoms in total. The third-order valence-electron chi connectivity index (χ3n) is 12.4. The number of ether oxygens (including phenoxy) is 4. The predicted octanol–water partition coefficient (Wildman–Crippen LogP) is 15.9. The van der Waals surface area contributed by atoms with Crippen molar-refractivity contribution in [2.45, 2.75) is 39.9 Å². The second-order valence-electron chi connectivity index (χ2n) is 17.8. The maximum absolute atomic E-state index is 14.3. The number of rotatable bonds is 14. The molecule has 0 N–H and O–H groups in total. The third-order valence-corrected chi connectivity index (χ3v) is 13.6. The van der Waals surface area contributed by atoms with E-state index in [4.69, 9.17) is 65.4 Å². The summed E-state index contributed by atoms with van der Waals surface area (Å²) >= 11 is 24.8. The van der Waals surface area contributed by atoms with Gasteiger partial charge < -0.3 is 18.9 Å². The molecule has 8 rings (SSSR count). The van der Waals surface area contributed by atoms with E-state index in [-0.39, 0.29) is 23.3 Å². The van der Waals surface area contributed by atoms with E-state index < -0.39 is 58.4 Å². The number of hydrogen-bond acceptors (Lipinski definition) is 8. The first-order chi connectivity index (χ1) is 33.4. The highest BCUT2D eigenvalue weighted by molar-refractivity contribution is 6.49. The Morgan fingerprint density at radius 3 is 1.23 bits per heavy atom. The number of halogens is 6. The number of hydrogen-bond donors (Lipinski definition) is 0. The van der Waals surface area contributed by atoms with Crippen molar-refractivity contribution in [3.8, 4) is 35.1 Å². The fourth-order valence-corrected chi connectivity index (χ4v) is 8.85. The van der Waals surface area contributed by atoms with Crippen LogP contribution in [0.5, 0.6) is 23.0 Å². The number of esters is 2. The zero-order chi connectivity index (χ0) is 50.3. The summed E-state index contributed by atoms with van der Waals surface area (Å²) in [7, 11) is 0. The van der Waals surface area contributed by atoms with Gasteiger partial charge in [-0.2, -0.15) is 10.5 Å². The molecule has 6 atom stereocenters. The van der Waals surface area contributed by atoms with Crippen LogP contribution >= 0.6 is 46.4 Å². The van der Waals surface area contributed by atoms with Crippen molar-refractivity contribution in [1.29, 1.82) is 10.5 Å². The molecule has 2 aliphatic carbocycles. The molecule has 0 saturated heterocycles. The lowest BCUT2D eigenvalue weighted by Gasteiger charge is -2.14. The topological polar surface area (TPSA) is 119 Å². The van der Waals surface area contributed by atoms with Crippen molar-refractivity contribution in [2.75, 3.05) is 0 Å². The Balaban J connectivity index is 0.000000206. The highest BCUT2D eigenvalue weighted by Gasteiger charge is 2.63. The number of benzene rings is 6. The molecule has 0 aromatic heterocycles. The minimum absolute atomic E-state index is 0.0627. The van der Waals surface area contributed by atoms with Gasteiger partial charge in [-0.15, -0.1) is 0 Å². The average Bonchev–Trinajstić information content (AvgIpc) is 4.12. The molecule has 70 heavy (non-hydrogen) atoms. The molecule has 0 radical (unpaired) electrons. The summed E-state index contributed by atoms with van der Waals surface area (Å²) in [5.74, 6) is -2.72. The van der Waals surface area contributed by atoms with Crippen molar-refractivity contribution < 1.29 is 37.3 Å². The minimum atomic E-state index is -1.21. The summed E-state index contributed by atoms with van der Waals surface area (Å²) in [6, 6.07) is 43.5. The first-order valence-corrected chi connectivity index (χ1v) is 23.4. The lowest BCUT2D eigenvalue weighted by atomic mass is 10.1. The Morgan fingerprint density at radius 1 is 0.557 bits per heavy atom. The standard InChI is InChI=1S/2C28H22Cl2FNO3/c2*1-28(2)21(15-22(30)17-8-11-19(29)12-9-17)26(28)27(33)35-25(16-32)18-10-13-23(31)24(14-18)34-20-6-4-3-5-7-20/h2*3-15,21,25-26H,1-2H3/b2*22-15-. The summed E-state index contributed by atoms with van der Waals surface area (Å²) < 4.78 is 50.9. The molecule has 0 aliphatic heterocycles. The Morgan fingerprint density at radius 2 is 0.900 bits per heavy atom. The number of allylic oxidation sites excluding steroid dienone is 2. The molecule has 0 heterocycles. The fourth-order valence-electron chi connectivity index (χ4n) is 8.07. The lowest BCUT2D eigenvalue weighted by molar-refractivity contribution is -0.150. The highest BCUT2D eigenvalue weighted by Crippen LogP contribution is 2.61. The van der Waals surface area contributed by atoms with E-state index in [1.54, 1.807) is 97.1 Å². The van der Waals surface area contributed by atoms with Crippen molar-refractivity contribution in [3.63, 3.8) is 0 Å². The van der Waals surface area contributed by atoms with Gasteiger partial charge in [-0.25, -0.2) is 8.78 Å². The van der Waals surface area contributed by atoms with Crippen molar-refractivity contribution in [3.05, 3.63) is 202 Å². The van der Waals surface area contributed by atoms with Crippen LogP contribution < -0.4 is 9.47 Å². The first-order valence-electron chi connectivity index (χ1n) is 21.9. The van der Waals surface area contributed by atoms with E-state index in [2.05, 4.69) is 0 Å². The van der Waals surface area contributed by atoms with Gasteiger partial charge in [0, 0.05) is 31.2 Å². The number of para-hydroxylation sites is 2. The molecule has 356 valence electrons. The van der Waals surface area contributed by atoms with E-state index in [1.807, 2.05) is 64.1 Å². The van der Waals surface area contributed by atoms with Gasteiger partial charge in [0.15, 0.2) is 23.1 Å². The second kappa shape index (κ2) is 22.0. The maximum atomic E-state index is 14.3. The molecule has 0 bridgehead atoms. The zero-order valence-corrected chi connectivity index (χ0v) is 41.1. The van der Waals surface area contributed by atoms with E-state index >= 15 is 0 Å². The summed E-state index contributed by atoms with van der Waals surface area (Å²) in [5.41, 5.74) is 1.43. The van der Waals surface area contributed by atoms with Crippen molar-refractivity contribution >= 4 is 68.4 Å². The van der Waals surface area contributed by atoms with Gasteiger partial charge in [0.2, 0.25) is 12.2 Å². The third kappa shape index (κ3) is 12.2. The van der Waals surface area contributed by atoms with E-state index in [0.717, 1.165) is 11.1 Å². The molecule has 2 fully saturated rings. The molecular weight excluding hydrogens is 976 g/mol. The molecule has 6 unspecified atom stereocenters. The van der Waals surface area contributed by atoms with Crippen LogP contribution in [-0.2, 0) is 19.1 Å². The largest absolute Gasteiger partial charge is 0.454 e. The number of carbonyl (C=O) groups excluding carboxylic acids is 2. The van der Waals surface area contributed by atoms with E-state index in [9.17, 15) is 28.9 Å². The zero-order valence-electron chi connectivity index (χ0n) is 38.1. The van der Waals surface area contributed by atoms with Crippen LogP contribution in [0.2, 0.25) is 10.0 Å². The summed E-state index contributed by atoms with van der Waals surface area (Å²) in [6.45, 7) is 7.77. The molecule has 6 aromatic rings. The lowest BCUT2D eigenvalue weighted by Crippen LogP contribution is -2.14. The van der Waals surface area contributed by atoms with Crippen LogP contribution in [0.1, 0.15) is 62.2 Å². The maximum Gasteiger partial charge on any atom is 0.311 e. The molecule has 0 amide bonds. The monoisotopic (exact) mass is 1020 g/mol. The number of carbonyl (C=O) groups is 2. The number of nitrogens with zero attached hydrogens (tertiary/aromatic N) is 2. The smallest absolute Gasteiger partial charge is 0.311 e. The van der Waals surface area contributed by atoms with Crippen LogP contribution in [0.4, 0.5) is 8.78 Å². The number of nitriles is 2. The molecular formula is C56H44Cl4F2N2O6. The van der Waals surface area contributed by atoms with Crippen LogP contribution in [-0.4, -0.2) is 11.9 Å². The first kappa shape index (κ1) is 51.2. The minimum Gasteiger partial charge on any atom is -0.454 e. The summed E-state index contributed by atoms with van der Waals surface area (Å²) in [6.07, 6.45) is 1.24. The van der Waals surface area contributed by atoms with Gasteiger partial charge in [-0.05, 0) is 107 Å².